The van der Waals surface area contributed by atoms with Gasteiger partial charge in [0.15, 0.2) is 46.0 Å². The highest BCUT2D eigenvalue weighted by molar-refractivity contribution is 5.70. The Bertz CT molecular complexity index is 2060. The van der Waals surface area contributed by atoms with Gasteiger partial charge in [-0.3, -0.25) is 19.4 Å². The Hall–Kier alpha value is -5.86. The molecule has 2 heterocycles. The van der Waals surface area contributed by atoms with Crippen LogP contribution < -0.4 is 37.9 Å². The zero-order valence-electron chi connectivity index (χ0n) is 39.3. The molecule has 4 aromatic carbocycles. The third-order valence-corrected chi connectivity index (χ3v) is 12.5. The fraction of sp³-hybridized carbons (Fsp3) is 0.490. The van der Waals surface area contributed by atoms with E-state index in [0.29, 0.717) is 98.0 Å². The highest BCUT2D eigenvalue weighted by Gasteiger charge is 2.32. The monoisotopic (exact) mass is 898 g/mol. The number of rotatable bonds is 24. The van der Waals surface area contributed by atoms with Gasteiger partial charge in [-0.1, -0.05) is 12.1 Å². The van der Waals surface area contributed by atoms with Crippen molar-refractivity contribution in [2.45, 2.75) is 69.9 Å². The SMILES string of the molecule is COc1ccc(C[C@@H]2c3cc(OC)c(OC)cc3CCN2CCC(=O)OCCCCCOC(=O)CCN2CCc3cc(OC)c(OC)cc3[C@@H]2Cc2ccc(OC)c(OC)c2)cc1OC. The zero-order valence-corrected chi connectivity index (χ0v) is 39.3. The second-order valence-corrected chi connectivity index (χ2v) is 16.2. The molecule has 65 heavy (non-hydrogen) atoms. The van der Waals surface area contributed by atoms with E-state index in [1.165, 1.54) is 11.1 Å². The Labute approximate surface area is 383 Å². The van der Waals surface area contributed by atoms with Gasteiger partial charge in [0.05, 0.1) is 82.9 Å². The highest BCUT2D eigenvalue weighted by Crippen LogP contribution is 2.42. The zero-order chi connectivity index (χ0) is 46.3. The molecule has 2 aliphatic heterocycles. The third kappa shape index (κ3) is 12.3. The number of hydrogen-bond donors (Lipinski definition) is 0. The first kappa shape index (κ1) is 48.6. The van der Waals surface area contributed by atoms with E-state index in [1.807, 2.05) is 36.4 Å². The van der Waals surface area contributed by atoms with Crippen LogP contribution in [0.4, 0.5) is 0 Å². The first-order chi connectivity index (χ1) is 31.7. The maximum absolute atomic E-state index is 13.0. The summed E-state index contributed by atoms with van der Waals surface area (Å²) in [5, 5.41) is 0. The summed E-state index contributed by atoms with van der Waals surface area (Å²) in [4.78, 5) is 30.7. The molecular formula is C51H66N2O12. The molecule has 0 unspecified atom stereocenters. The topological polar surface area (TPSA) is 133 Å². The van der Waals surface area contributed by atoms with E-state index in [1.54, 1.807) is 56.9 Å². The lowest BCUT2D eigenvalue weighted by Crippen LogP contribution is -2.38. The molecule has 0 spiro atoms. The molecule has 0 bridgehead atoms. The molecule has 352 valence electrons. The number of benzene rings is 4. The van der Waals surface area contributed by atoms with Crippen LogP contribution in [0.5, 0.6) is 46.0 Å². The van der Waals surface area contributed by atoms with Crippen LogP contribution in [-0.2, 0) is 44.7 Å². The standard InChI is InChI=1S/C51H66N2O12/c1-56-42-14-12-34(28-44(42)58-3)26-40-38-32-48(62-7)46(60-5)30-36(38)16-20-52(40)22-18-50(54)64-24-10-9-11-25-65-51(55)19-23-53-21-17-37-31-47(61-6)49(63-8)33-39(37)41(53)27-35-13-15-43(57-2)45(29-35)59-4/h12-15,28-33,40-41H,9-11,16-27H2,1-8H3/t40-,41+. The highest BCUT2D eigenvalue weighted by atomic mass is 16.5. The van der Waals surface area contributed by atoms with E-state index in [4.69, 9.17) is 47.4 Å². The molecule has 2 atom stereocenters. The summed E-state index contributed by atoms with van der Waals surface area (Å²) in [5.41, 5.74) is 6.86. The number of ether oxygens (including phenoxy) is 10. The van der Waals surface area contributed by atoms with Crippen molar-refractivity contribution >= 4 is 11.9 Å². The average molecular weight is 899 g/mol. The van der Waals surface area contributed by atoms with Gasteiger partial charge in [0.2, 0.25) is 0 Å². The molecule has 2 aliphatic rings. The summed E-state index contributed by atoms with van der Waals surface area (Å²) in [6, 6.07) is 20.2. The van der Waals surface area contributed by atoms with Gasteiger partial charge in [-0.15, -0.1) is 0 Å². The van der Waals surface area contributed by atoms with Gasteiger partial charge in [-0.2, -0.15) is 0 Å². The van der Waals surface area contributed by atoms with Gasteiger partial charge in [0.1, 0.15) is 0 Å². The van der Waals surface area contributed by atoms with Gasteiger partial charge in [-0.05, 0) is 127 Å². The third-order valence-electron chi connectivity index (χ3n) is 12.5. The van der Waals surface area contributed by atoms with Crippen molar-refractivity contribution < 1.29 is 57.0 Å². The summed E-state index contributed by atoms with van der Waals surface area (Å²) >= 11 is 0. The van der Waals surface area contributed by atoms with Crippen molar-refractivity contribution in [3.8, 4) is 46.0 Å². The number of carbonyl (C=O) groups excluding carboxylic acids is 2. The first-order valence-corrected chi connectivity index (χ1v) is 22.4. The van der Waals surface area contributed by atoms with Crippen molar-refractivity contribution in [3.63, 3.8) is 0 Å². The average Bonchev–Trinajstić information content (AvgIpc) is 3.34. The Balaban J connectivity index is 0.957. The van der Waals surface area contributed by atoms with Crippen LogP contribution in [0.1, 0.15) is 77.6 Å². The van der Waals surface area contributed by atoms with Crippen molar-refractivity contribution in [2.75, 3.05) is 96.3 Å². The molecule has 0 aromatic heterocycles. The van der Waals surface area contributed by atoms with E-state index < -0.39 is 0 Å². The fourth-order valence-electron chi connectivity index (χ4n) is 9.00. The van der Waals surface area contributed by atoms with E-state index in [-0.39, 0.29) is 36.9 Å². The molecule has 14 heteroatoms. The Morgan fingerprint density at radius 2 is 0.815 bits per heavy atom. The minimum absolute atomic E-state index is 0.0112. The lowest BCUT2D eigenvalue weighted by molar-refractivity contribution is -0.144. The number of carbonyl (C=O) groups is 2. The van der Waals surface area contributed by atoms with Crippen LogP contribution in [0, 0.1) is 0 Å². The van der Waals surface area contributed by atoms with Gasteiger partial charge in [0, 0.05) is 38.3 Å². The first-order valence-electron chi connectivity index (χ1n) is 22.4. The molecule has 0 fully saturated rings. The molecule has 6 rings (SSSR count). The predicted molar refractivity (Wildman–Crippen MR) is 247 cm³/mol. The van der Waals surface area contributed by atoms with Crippen LogP contribution in [0.3, 0.4) is 0 Å². The van der Waals surface area contributed by atoms with Crippen molar-refractivity contribution in [1.29, 1.82) is 0 Å². The van der Waals surface area contributed by atoms with Crippen LogP contribution in [0.15, 0.2) is 60.7 Å². The number of methoxy groups -OCH3 is 8. The molecule has 4 aromatic rings. The van der Waals surface area contributed by atoms with E-state index in [9.17, 15) is 9.59 Å². The summed E-state index contributed by atoms with van der Waals surface area (Å²) in [6.07, 6.45) is 5.69. The van der Waals surface area contributed by atoms with Crippen LogP contribution >= 0.6 is 0 Å². The maximum atomic E-state index is 13.0. The van der Waals surface area contributed by atoms with E-state index >= 15 is 0 Å². The summed E-state index contributed by atoms with van der Waals surface area (Å²) in [5.74, 6) is 4.96. The number of nitrogens with zero attached hydrogens (tertiary/aromatic N) is 2. The fourth-order valence-corrected chi connectivity index (χ4v) is 9.00. The molecule has 0 amide bonds. The largest absolute Gasteiger partial charge is 0.493 e. The van der Waals surface area contributed by atoms with Crippen molar-refractivity contribution in [3.05, 3.63) is 94.0 Å². The van der Waals surface area contributed by atoms with Crippen LogP contribution in [-0.4, -0.2) is 118 Å². The molecule has 0 saturated heterocycles. The maximum Gasteiger partial charge on any atom is 0.307 e. The lowest BCUT2D eigenvalue weighted by atomic mass is 9.88. The Kier molecular flexibility index (Phi) is 17.9. The van der Waals surface area contributed by atoms with Gasteiger partial charge in [-0.25, -0.2) is 0 Å². The number of fused-ring (bicyclic) bond motifs is 2. The van der Waals surface area contributed by atoms with Gasteiger partial charge >= 0.3 is 11.9 Å². The van der Waals surface area contributed by atoms with E-state index in [0.717, 1.165) is 54.6 Å². The quantitative estimate of drug-likeness (QED) is 0.0501. The molecular weight excluding hydrogens is 833 g/mol. The van der Waals surface area contributed by atoms with Crippen molar-refractivity contribution in [2.24, 2.45) is 0 Å². The smallest absolute Gasteiger partial charge is 0.307 e. The second-order valence-electron chi connectivity index (χ2n) is 16.2. The Morgan fingerprint density at radius 1 is 0.462 bits per heavy atom. The number of hydrogen-bond acceptors (Lipinski definition) is 14. The molecule has 0 N–H and O–H groups in total. The van der Waals surface area contributed by atoms with Crippen LogP contribution in [0.2, 0.25) is 0 Å². The lowest BCUT2D eigenvalue weighted by Gasteiger charge is -2.38. The predicted octanol–water partition coefficient (Wildman–Crippen LogP) is 7.78. The molecule has 14 nitrogen and oxygen atoms in total. The van der Waals surface area contributed by atoms with Gasteiger partial charge < -0.3 is 47.4 Å². The molecule has 0 aliphatic carbocycles. The summed E-state index contributed by atoms with van der Waals surface area (Å²) in [6.45, 7) is 3.29. The van der Waals surface area contributed by atoms with Crippen molar-refractivity contribution in [1.82, 2.24) is 9.80 Å². The molecule has 0 radical (unpaired) electrons. The summed E-state index contributed by atoms with van der Waals surface area (Å²) in [7, 11) is 13.1. The number of esters is 2. The Morgan fingerprint density at radius 3 is 1.18 bits per heavy atom. The summed E-state index contributed by atoms with van der Waals surface area (Å²) < 4.78 is 56.1. The second kappa shape index (κ2) is 23.9. The number of unbranched alkanes of at least 4 members (excludes halogenated alkanes) is 2. The normalized spacial score (nSPS) is 15.8. The minimum Gasteiger partial charge on any atom is -0.493 e. The molecule has 0 saturated carbocycles. The van der Waals surface area contributed by atoms with E-state index in [2.05, 4.69) is 34.1 Å². The minimum atomic E-state index is -0.234. The van der Waals surface area contributed by atoms with Crippen LogP contribution in [0.25, 0.3) is 0 Å². The van der Waals surface area contributed by atoms with Gasteiger partial charge in [0.25, 0.3) is 0 Å².